The number of fused-ring (bicyclic) bond motifs is 1. The van der Waals surface area contributed by atoms with E-state index in [0.29, 0.717) is 11.6 Å². The quantitative estimate of drug-likeness (QED) is 0.758. The van der Waals surface area contributed by atoms with Crippen LogP contribution in [0.1, 0.15) is 53.9 Å². The second kappa shape index (κ2) is 6.11. The Morgan fingerprint density at radius 2 is 1.83 bits per heavy atom. The molecule has 1 fully saturated rings. The van der Waals surface area contributed by atoms with Gasteiger partial charge in [0.1, 0.15) is 5.65 Å². The lowest BCUT2D eigenvalue weighted by molar-refractivity contribution is 0.0697. The average Bonchev–Trinajstić information content (AvgIpc) is 3.06. The van der Waals surface area contributed by atoms with Crippen molar-refractivity contribution < 1.29 is 9.90 Å². The number of carbonyl (C=O) groups is 1. The van der Waals surface area contributed by atoms with Crippen LogP contribution in [0, 0.1) is 0 Å². The van der Waals surface area contributed by atoms with Gasteiger partial charge in [-0.05, 0) is 36.5 Å². The van der Waals surface area contributed by atoms with Gasteiger partial charge in [0.25, 0.3) is 0 Å². The molecule has 4 rings (SSSR count). The molecule has 1 aromatic carbocycles. The predicted octanol–water partition coefficient (Wildman–Crippen LogP) is 4.75. The highest BCUT2D eigenvalue weighted by atomic mass is 16.4. The largest absolute Gasteiger partial charge is 0.478 e. The minimum atomic E-state index is -0.932. The van der Waals surface area contributed by atoms with Gasteiger partial charge in [-0.25, -0.2) is 9.78 Å². The topological polar surface area (TPSA) is 54.6 Å². The first-order chi connectivity index (χ1) is 11.7. The third-order valence-corrected chi connectivity index (χ3v) is 4.99. The highest BCUT2D eigenvalue weighted by Crippen LogP contribution is 2.33. The maximum Gasteiger partial charge on any atom is 0.335 e. The van der Waals surface area contributed by atoms with Crippen molar-refractivity contribution in [2.24, 2.45) is 0 Å². The summed E-state index contributed by atoms with van der Waals surface area (Å²) in [6, 6.07) is 11.9. The first kappa shape index (κ1) is 14.9. The Kier molecular flexibility index (Phi) is 3.81. The molecule has 0 atom stereocenters. The minimum Gasteiger partial charge on any atom is -0.478 e. The molecule has 1 saturated carbocycles. The number of nitrogens with zero attached hydrogens (tertiary/aromatic N) is 2. The summed E-state index contributed by atoms with van der Waals surface area (Å²) in [6.45, 7) is 0. The van der Waals surface area contributed by atoms with Crippen molar-refractivity contribution in [3.05, 3.63) is 59.9 Å². The summed E-state index contributed by atoms with van der Waals surface area (Å²) in [5.74, 6) is -0.231. The van der Waals surface area contributed by atoms with Crippen LogP contribution in [0.15, 0.2) is 48.8 Å². The van der Waals surface area contributed by atoms with E-state index in [9.17, 15) is 4.79 Å². The number of carboxylic acid groups (broad SMARTS) is 1. The van der Waals surface area contributed by atoms with Gasteiger partial charge in [0.05, 0.1) is 11.3 Å². The van der Waals surface area contributed by atoms with Crippen molar-refractivity contribution in [3.8, 4) is 11.3 Å². The number of pyridine rings is 1. The molecule has 4 heteroatoms. The van der Waals surface area contributed by atoms with E-state index in [4.69, 9.17) is 5.11 Å². The molecule has 1 aliphatic rings. The van der Waals surface area contributed by atoms with E-state index >= 15 is 0 Å². The smallest absolute Gasteiger partial charge is 0.335 e. The van der Waals surface area contributed by atoms with E-state index < -0.39 is 5.97 Å². The Balaban J connectivity index is 1.63. The highest BCUT2D eigenvalue weighted by Gasteiger charge is 2.15. The molecule has 3 aromatic rings. The molecule has 0 spiro atoms. The molecule has 0 aliphatic heterocycles. The summed E-state index contributed by atoms with van der Waals surface area (Å²) in [4.78, 5) is 15.6. The van der Waals surface area contributed by atoms with Gasteiger partial charge in [-0.15, -0.1) is 0 Å². The minimum absolute atomic E-state index is 0.257. The highest BCUT2D eigenvalue weighted by molar-refractivity contribution is 5.88. The van der Waals surface area contributed by atoms with Crippen LogP contribution in [0.3, 0.4) is 0 Å². The Morgan fingerprint density at radius 3 is 2.54 bits per heavy atom. The van der Waals surface area contributed by atoms with Crippen molar-refractivity contribution >= 4 is 11.6 Å². The Bertz CT molecular complexity index is 874. The number of carboxylic acids is 1. The van der Waals surface area contributed by atoms with Crippen LogP contribution in [-0.4, -0.2) is 20.5 Å². The summed E-state index contributed by atoms with van der Waals surface area (Å²) in [5, 5.41) is 9.09. The number of rotatable bonds is 3. The zero-order valence-electron chi connectivity index (χ0n) is 13.5. The van der Waals surface area contributed by atoms with Crippen LogP contribution in [0.25, 0.3) is 16.9 Å². The number of hydrogen-bond donors (Lipinski definition) is 1. The molecular formula is C20H20N2O2. The maximum atomic E-state index is 11.1. The standard InChI is InChI=1S/C20H20N2O2/c23-20(24)17-10-11-22-13-18(21-19(22)12-17)16-8-6-15(7-9-16)14-4-2-1-3-5-14/h6-14H,1-5H2,(H,23,24). The monoisotopic (exact) mass is 320 g/mol. The molecule has 0 radical (unpaired) electrons. The summed E-state index contributed by atoms with van der Waals surface area (Å²) >= 11 is 0. The number of aromatic nitrogens is 2. The van der Waals surface area contributed by atoms with Gasteiger partial charge in [-0.3, -0.25) is 0 Å². The zero-order chi connectivity index (χ0) is 16.5. The summed E-state index contributed by atoms with van der Waals surface area (Å²) in [5.41, 5.74) is 4.27. The fourth-order valence-electron chi connectivity index (χ4n) is 3.62. The van der Waals surface area contributed by atoms with Crippen molar-refractivity contribution in [2.75, 3.05) is 0 Å². The molecule has 0 amide bonds. The first-order valence-electron chi connectivity index (χ1n) is 8.53. The molecule has 1 N–H and O–H groups in total. The van der Waals surface area contributed by atoms with E-state index in [1.54, 1.807) is 18.3 Å². The first-order valence-corrected chi connectivity index (χ1v) is 8.53. The normalized spacial score (nSPS) is 15.7. The van der Waals surface area contributed by atoms with E-state index in [2.05, 4.69) is 29.2 Å². The fraction of sp³-hybridized carbons (Fsp3) is 0.300. The fourth-order valence-corrected chi connectivity index (χ4v) is 3.62. The summed E-state index contributed by atoms with van der Waals surface area (Å²) in [7, 11) is 0. The number of aromatic carboxylic acids is 1. The summed E-state index contributed by atoms with van der Waals surface area (Å²) < 4.78 is 1.86. The lowest BCUT2D eigenvalue weighted by Crippen LogP contribution is -2.04. The predicted molar refractivity (Wildman–Crippen MR) is 93.4 cm³/mol. The SMILES string of the molecule is O=C(O)c1ccn2cc(-c3ccc(C4CCCCC4)cc3)nc2c1. The van der Waals surface area contributed by atoms with Gasteiger partial charge in [0.2, 0.25) is 0 Å². The average molecular weight is 320 g/mol. The lowest BCUT2D eigenvalue weighted by Gasteiger charge is -2.21. The third kappa shape index (κ3) is 2.80. The van der Waals surface area contributed by atoms with Crippen LogP contribution in [0.5, 0.6) is 0 Å². The molecule has 0 unspecified atom stereocenters. The summed E-state index contributed by atoms with van der Waals surface area (Å²) in [6.07, 6.45) is 10.3. The molecule has 122 valence electrons. The molecule has 24 heavy (non-hydrogen) atoms. The van der Waals surface area contributed by atoms with E-state index in [-0.39, 0.29) is 5.56 Å². The van der Waals surface area contributed by atoms with Crippen LogP contribution in [0.4, 0.5) is 0 Å². The van der Waals surface area contributed by atoms with Crippen LogP contribution < -0.4 is 0 Å². The van der Waals surface area contributed by atoms with E-state index in [0.717, 1.165) is 11.3 Å². The van der Waals surface area contributed by atoms with Gasteiger partial charge in [-0.2, -0.15) is 0 Å². The maximum absolute atomic E-state index is 11.1. The molecule has 0 bridgehead atoms. The number of hydrogen-bond acceptors (Lipinski definition) is 2. The third-order valence-electron chi connectivity index (χ3n) is 4.99. The molecule has 1 aliphatic carbocycles. The van der Waals surface area contributed by atoms with Gasteiger partial charge >= 0.3 is 5.97 Å². The van der Waals surface area contributed by atoms with Gasteiger partial charge in [0.15, 0.2) is 0 Å². The molecule has 2 aromatic heterocycles. The van der Waals surface area contributed by atoms with Crippen molar-refractivity contribution in [2.45, 2.75) is 38.0 Å². The van der Waals surface area contributed by atoms with Crippen LogP contribution in [-0.2, 0) is 0 Å². The molecular weight excluding hydrogens is 300 g/mol. The Labute approximate surface area is 140 Å². The van der Waals surface area contributed by atoms with Gasteiger partial charge in [-0.1, -0.05) is 43.5 Å². The molecule has 2 heterocycles. The van der Waals surface area contributed by atoms with Crippen molar-refractivity contribution in [3.63, 3.8) is 0 Å². The number of benzene rings is 1. The van der Waals surface area contributed by atoms with Gasteiger partial charge < -0.3 is 9.51 Å². The van der Waals surface area contributed by atoms with Gasteiger partial charge in [0, 0.05) is 18.0 Å². The molecule has 4 nitrogen and oxygen atoms in total. The van der Waals surface area contributed by atoms with Crippen molar-refractivity contribution in [1.29, 1.82) is 0 Å². The van der Waals surface area contributed by atoms with E-state index in [1.165, 1.54) is 37.7 Å². The lowest BCUT2D eigenvalue weighted by atomic mass is 9.84. The van der Waals surface area contributed by atoms with E-state index in [1.807, 2.05) is 10.6 Å². The second-order valence-corrected chi connectivity index (χ2v) is 6.57. The zero-order valence-corrected chi connectivity index (χ0v) is 13.5. The van der Waals surface area contributed by atoms with Crippen molar-refractivity contribution in [1.82, 2.24) is 9.38 Å². The Morgan fingerprint density at radius 1 is 1.08 bits per heavy atom. The number of imidazole rings is 1. The van der Waals surface area contributed by atoms with Crippen LogP contribution in [0.2, 0.25) is 0 Å². The Hall–Kier alpha value is -2.62. The second-order valence-electron chi connectivity index (χ2n) is 6.57. The molecule has 0 saturated heterocycles. The van der Waals surface area contributed by atoms with Crippen LogP contribution >= 0.6 is 0 Å².